The number of aryl methyl sites for hydroxylation is 1. The number of ether oxygens (including phenoxy) is 1. The summed E-state index contributed by atoms with van der Waals surface area (Å²) in [6.07, 6.45) is 2.65. The lowest BCUT2D eigenvalue weighted by Gasteiger charge is -2.11. The van der Waals surface area contributed by atoms with Gasteiger partial charge in [-0.2, -0.15) is 0 Å². The molecular formula is C15H17BrO2. The van der Waals surface area contributed by atoms with E-state index in [1.165, 1.54) is 11.1 Å². The highest BCUT2D eigenvalue weighted by atomic mass is 79.9. The van der Waals surface area contributed by atoms with Gasteiger partial charge in [-0.3, -0.25) is 0 Å². The molecule has 0 saturated carbocycles. The van der Waals surface area contributed by atoms with Gasteiger partial charge in [-0.25, -0.2) is 0 Å². The van der Waals surface area contributed by atoms with Crippen LogP contribution in [0.5, 0.6) is 5.75 Å². The van der Waals surface area contributed by atoms with Gasteiger partial charge in [0.25, 0.3) is 0 Å². The van der Waals surface area contributed by atoms with Crippen LogP contribution in [-0.2, 0) is 6.42 Å². The van der Waals surface area contributed by atoms with E-state index < -0.39 is 0 Å². The van der Waals surface area contributed by atoms with Crippen molar-refractivity contribution in [3.8, 4) is 5.75 Å². The van der Waals surface area contributed by atoms with Gasteiger partial charge in [0, 0.05) is 12.0 Å². The third kappa shape index (κ3) is 2.78. The van der Waals surface area contributed by atoms with E-state index in [4.69, 9.17) is 9.15 Å². The standard InChI is InChI=1S/C15H17BrO2/c1-3-14-13(9-10-18-14)15(16)11-5-7-12(8-6-11)17-4-2/h5-10,15H,3-4H2,1-2H3. The number of rotatable bonds is 5. The maximum atomic E-state index is 5.46. The lowest BCUT2D eigenvalue weighted by molar-refractivity contribution is 0.340. The molecule has 0 saturated heterocycles. The molecule has 1 atom stereocenters. The van der Waals surface area contributed by atoms with E-state index in [0.29, 0.717) is 6.61 Å². The summed E-state index contributed by atoms with van der Waals surface area (Å²) in [5.41, 5.74) is 2.40. The fourth-order valence-electron chi connectivity index (χ4n) is 1.94. The fraction of sp³-hybridized carbons (Fsp3) is 0.333. The zero-order valence-electron chi connectivity index (χ0n) is 10.7. The molecule has 0 radical (unpaired) electrons. The Morgan fingerprint density at radius 3 is 2.50 bits per heavy atom. The minimum atomic E-state index is 0.168. The molecule has 1 heterocycles. The average Bonchev–Trinajstić information content (AvgIpc) is 2.87. The second-order valence-corrected chi connectivity index (χ2v) is 4.93. The van der Waals surface area contributed by atoms with Crippen LogP contribution in [0, 0.1) is 0 Å². The molecule has 0 aliphatic carbocycles. The van der Waals surface area contributed by atoms with Gasteiger partial charge in [-0.1, -0.05) is 35.0 Å². The van der Waals surface area contributed by atoms with Crippen molar-refractivity contribution in [2.75, 3.05) is 6.61 Å². The molecule has 0 fully saturated rings. The summed E-state index contributed by atoms with van der Waals surface area (Å²) in [5.74, 6) is 1.94. The molecule has 1 aromatic carbocycles. The molecule has 0 amide bonds. The molecular weight excluding hydrogens is 292 g/mol. The Hall–Kier alpha value is -1.22. The van der Waals surface area contributed by atoms with Gasteiger partial charge in [0.1, 0.15) is 11.5 Å². The quantitative estimate of drug-likeness (QED) is 0.745. The highest BCUT2D eigenvalue weighted by Gasteiger charge is 2.15. The molecule has 2 rings (SSSR count). The van der Waals surface area contributed by atoms with Crippen LogP contribution >= 0.6 is 15.9 Å². The predicted octanol–water partition coefficient (Wildman–Crippen LogP) is 4.73. The molecule has 1 unspecified atom stereocenters. The van der Waals surface area contributed by atoms with Crippen molar-refractivity contribution in [3.05, 3.63) is 53.5 Å². The Kier molecular flexibility index (Phi) is 4.48. The van der Waals surface area contributed by atoms with Gasteiger partial charge in [-0.05, 0) is 30.7 Å². The maximum absolute atomic E-state index is 5.46. The van der Waals surface area contributed by atoms with Gasteiger partial charge in [0.05, 0.1) is 17.7 Å². The van der Waals surface area contributed by atoms with Crippen LogP contribution < -0.4 is 4.74 Å². The van der Waals surface area contributed by atoms with E-state index >= 15 is 0 Å². The first-order valence-electron chi connectivity index (χ1n) is 6.19. The van der Waals surface area contributed by atoms with E-state index in [9.17, 15) is 0 Å². The van der Waals surface area contributed by atoms with Crippen molar-refractivity contribution in [2.45, 2.75) is 25.1 Å². The summed E-state index contributed by atoms with van der Waals surface area (Å²) in [6, 6.07) is 10.2. The normalized spacial score (nSPS) is 12.4. The molecule has 0 aliphatic rings. The SMILES string of the molecule is CCOc1ccc(C(Br)c2ccoc2CC)cc1. The maximum Gasteiger partial charge on any atom is 0.119 e. The molecule has 18 heavy (non-hydrogen) atoms. The molecule has 2 aromatic rings. The number of hydrogen-bond donors (Lipinski definition) is 0. The van der Waals surface area contributed by atoms with E-state index in [0.717, 1.165) is 17.9 Å². The van der Waals surface area contributed by atoms with Crippen LogP contribution in [0.2, 0.25) is 0 Å². The van der Waals surface area contributed by atoms with Gasteiger partial charge in [0.2, 0.25) is 0 Å². The summed E-state index contributed by atoms with van der Waals surface area (Å²) >= 11 is 3.73. The van der Waals surface area contributed by atoms with Gasteiger partial charge < -0.3 is 9.15 Å². The molecule has 3 heteroatoms. The monoisotopic (exact) mass is 308 g/mol. The lowest BCUT2D eigenvalue weighted by atomic mass is 10.0. The van der Waals surface area contributed by atoms with Crippen molar-refractivity contribution < 1.29 is 9.15 Å². The smallest absolute Gasteiger partial charge is 0.119 e. The Morgan fingerprint density at radius 1 is 1.17 bits per heavy atom. The third-order valence-corrected chi connectivity index (χ3v) is 3.88. The predicted molar refractivity (Wildman–Crippen MR) is 76.5 cm³/mol. The minimum absolute atomic E-state index is 0.168. The second kappa shape index (κ2) is 6.10. The summed E-state index contributed by atoms with van der Waals surface area (Å²) in [7, 11) is 0. The van der Waals surface area contributed by atoms with Crippen LogP contribution in [-0.4, -0.2) is 6.61 Å². The van der Waals surface area contributed by atoms with Crippen molar-refractivity contribution in [3.63, 3.8) is 0 Å². The summed E-state index contributed by atoms with van der Waals surface area (Å²) in [5, 5.41) is 0. The van der Waals surface area contributed by atoms with Crippen LogP contribution in [0.1, 0.15) is 35.6 Å². The third-order valence-electron chi connectivity index (χ3n) is 2.86. The van der Waals surface area contributed by atoms with Crippen molar-refractivity contribution >= 4 is 15.9 Å². The Labute approximate surface area is 116 Å². The number of benzene rings is 1. The first-order valence-corrected chi connectivity index (χ1v) is 7.11. The topological polar surface area (TPSA) is 22.4 Å². The van der Waals surface area contributed by atoms with E-state index in [-0.39, 0.29) is 4.83 Å². The van der Waals surface area contributed by atoms with E-state index in [1.807, 2.05) is 25.1 Å². The highest BCUT2D eigenvalue weighted by Crippen LogP contribution is 2.34. The zero-order valence-corrected chi connectivity index (χ0v) is 12.2. The number of hydrogen-bond acceptors (Lipinski definition) is 2. The minimum Gasteiger partial charge on any atom is -0.494 e. The zero-order chi connectivity index (χ0) is 13.0. The van der Waals surface area contributed by atoms with Gasteiger partial charge >= 0.3 is 0 Å². The Balaban J connectivity index is 2.20. The van der Waals surface area contributed by atoms with Crippen LogP contribution in [0.25, 0.3) is 0 Å². The molecule has 0 bridgehead atoms. The van der Waals surface area contributed by atoms with E-state index in [2.05, 4.69) is 35.0 Å². The van der Waals surface area contributed by atoms with Crippen LogP contribution in [0.15, 0.2) is 41.0 Å². The summed E-state index contributed by atoms with van der Waals surface area (Å²) in [6.45, 7) is 4.78. The molecule has 0 spiro atoms. The second-order valence-electron chi connectivity index (χ2n) is 4.02. The van der Waals surface area contributed by atoms with Crippen molar-refractivity contribution in [1.29, 1.82) is 0 Å². The summed E-state index contributed by atoms with van der Waals surface area (Å²) < 4.78 is 10.9. The number of alkyl halides is 1. The van der Waals surface area contributed by atoms with Crippen molar-refractivity contribution in [2.24, 2.45) is 0 Å². The molecule has 2 nitrogen and oxygen atoms in total. The van der Waals surface area contributed by atoms with Gasteiger partial charge in [-0.15, -0.1) is 0 Å². The van der Waals surface area contributed by atoms with Crippen molar-refractivity contribution in [1.82, 2.24) is 0 Å². The average molecular weight is 309 g/mol. The number of halogens is 1. The highest BCUT2D eigenvalue weighted by molar-refractivity contribution is 9.09. The molecule has 0 N–H and O–H groups in total. The molecule has 1 aromatic heterocycles. The summed E-state index contributed by atoms with van der Waals surface area (Å²) in [4.78, 5) is 0.168. The van der Waals surface area contributed by atoms with E-state index in [1.54, 1.807) is 6.26 Å². The van der Waals surface area contributed by atoms with Crippen LogP contribution in [0.4, 0.5) is 0 Å². The molecule has 0 aliphatic heterocycles. The fourth-order valence-corrected chi connectivity index (χ4v) is 2.66. The molecule has 96 valence electrons. The lowest BCUT2D eigenvalue weighted by Crippen LogP contribution is -1.96. The van der Waals surface area contributed by atoms with Crippen LogP contribution in [0.3, 0.4) is 0 Å². The first-order chi connectivity index (χ1) is 8.76. The van der Waals surface area contributed by atoms with Gasteiger partial charge in [0.15, 0.2) is 0 Å². The first kappa shape index (κ1) is 13.2. The largest absolute Gasteiger partial charge is 0.494 e. The Bertz CT molecular complexity index is 487. The number of furan rings is 1. The Morgan fingerprint density at radius 2 is 1.89 bits per heavy atom.